The van der Waals surface area contributed by atoms with Crippen molar-refractivity contribution >= 4 is 17.6 Å². The fourth-order valence-electron chi connectivity index (χ4n) is 4.02. The summed E-state index contributed by atoms with van der Waals surface area (Å²) < 4.78 is 12.8. The average Bonchev–Trinajstić information content (AvgIpc) is 3.01. The van der Waals surface area contributed by atoms with Crippen LogP contribution in [0.4, 0.5) is 0 Å². The summed E-state index contributed by atoms with van der Waals surface area (Å²) in [5.74, 6) is 0.666. The minimum Gasteiger partial charge on any atom is -0.497 e. The summed E-state index contributed by atoms with van der Waals surface area (Å²) in [5.41, 5.74) is 4.89. The largest absolute Gasteiger partial charge is 0.497 e. The fraction of sp³-hybridized carbons (Fsp3) is 0.320. The van der Waals surface area contributed by atoms with Gasteiger partial charge in [-0.1, -0.05) is 23.7 Å². The van der Waals surface area contributed by atoms with Crippen molar-refractivity contribution in [1.29, 1.82) is 0 Å². The standard InChI is InChI=1S/C25H29ClN2O4/c1-16-22(14-27-11-10-19-13-21(31-3)8-9-23(19)32-4)24(25(29)30)17(2)28(16)15-18-6-5-7-20(26)12-18/h5-9,12-13,27H,10-11,14-15H2,1-4H3,(H,29,30). The molecule has 1 heterocycles. The van der Waals surface area contributed by atoms with Crippen molar-refractivity contribution in [2.75, 3.05) is 20.8 Å². The molecule has 0 saturated carbocycles. The maximum absolute atomic E-state index is 12.0. The summed E-state index contributed by atoms with van der Waals surface area (Å²) in [4.78, 5) is 12.0. The molecular weight excluding hydrogens is 428 g/mol. The first kappa shape index (κ1) is 23.7. The molecule has 32 heavy (non-hydrogen) atoms. The number of benzene rings is 2. The van der Waals surface area contributed by atoms with Crippen molar-refractivity contribution in [3.63, 3.8) is 0 Å². The van der Waals surface area contributed by atoms with Crippen LogP contribution in [0.25, 0.3) is 0 Å². The minimum absolute atomic E-state index is 0.357. The smallest absolute Gasteiger partial charge is 0.337 e. The summed E-state index contributed by atoms with van der Waals surface area (Å²) in [6.07, 6.45) is 0.726. The highest BCUT2D eigenvalue weighted by molar-refractivity contribution is 6.30. The number of methoxy groups -OCH3 is 2. The quantitative estimate of drug-likeness (QED) is 0.426. The Labute approximate surface area is 193 Å². The van der Waals surface area contributed by atoms with Crippen LogP contribution in [0.3, 0.4) is 0 Å². The van der Waals surface area contributed by atoms with Gasteiger partial charge in [-0.05, 0) is 68.3 Å². The molecule has 3 aromatic rings. The van der Waals surface area contributed by atoms with Gasteiger partial charge in [0.05, 0.1) is 19.8 Å². The highest BCUT2D eigenvalue weighted by Gasteiger charge is 2.22. The van der Waals surface area contributed by atoms with Gasteiger partial charge in [-0.15, -0.1) is 0 Å². The lowest BCUT2D eigenvalue weighted by atomic mass is 10.1. The maximum Gasteiger partial charge on any atom is 0.337 e. The molecule has 0 bridgehead atoms. The molecule has 0 unspecified atom stereocenters. The molecule has 0 spiro atoms. The van der Waals surface area contributed by atoms with Gasteiger partial charge in [0.1, 0.15) is 11.5 Å². The monoisotopic (exact) mass is 456 g/mol. The number of hydrogen-bond donors (Lipinski definition) is 2. The molecule has 0 saturated heterocycles. The topological polar surface area (TPSA) is 72.7 Å². The molecular formula is C25H29ClN2O4. The summed E-state index contributed by atoms with van der Waals surface area (Å²) in [7, 11) is 3.28. The SMILES string of the molecule is COc1ccc(OC)c(CCNCc2c(C(=O)O)c(C)n(Cc3cccc(Cl)c3)c2C)c1. The maximum atomic E-state index is 12.0. The predicted molar refractivity (Wildman–Crippen MR) is 126 cm³/mol. The van der Waals surface area contributed by atoms with E-state index in [4.69, 9.17) is 21.1 Å². The number of nitrogens with zero attached hydrogens (tertiary/aromatic N) is 1. The molecule has 0 radical (unpaired) electrons. The van der Waals surface area contributed by atoms with Crippen LogP contribution >= 0.6 is 11.6 Å². The Kier molecular flexibility index (Phi) is 7.83. The second kappa shape index (κ2) is 10.6. The third-order valence-corrected chi connectivity index (χ3v) is 5.95. The van der Waals surface area contributed by atoms with Crippen molar-refractivity contribution in [3.8, 4) is 11.5 Å². The molecule has 6 nitrogen and oxygen atoms in total. The average molecular weight is 457 g/mol. The Morgan fingerprint density at radius 2 is 1.88 bits per heavy atom. The number of hydrogen-bond acceptors (Lipinski definition) is 4. The molecule has 0 fully saturated rings. The van der Waals surface area contributed by atoms with Gasteiger partial charge in [-0.25, -0.2) is 4.79 Å². The van der Waals surface area contributed by atoms with Gasteiger partial charge in [0, 0.05) is 35.1 Å². The first-order chi connectivity index (χ1) is 15.3. The van der Waals surface area contributed by atoms with E-state index in [0.29, 0.717) is 30.2 Å². The zero-order valence-corrected chi connectivity index (χ0v) is 19.6. The molecule has 3 rings (SSSR count). The van der Waals surface area contributed by atoms with Gasteiger partial charge in [0.15, 0.2) is 0 Å². The van der Waals surface area contributed by atoms with Crippen LogP contribution in [0.2, 0.25) is 5.02 Å². The first-order valence-corrected chi connectivity index (χ1v) is 10.8. The molecule has 1 aromatic heterocycles. The Balaban J connectivity index is 1.76. The lowest BCUT2D eigenvalue weighted by Gasteiger charge is -2.12. The minimum atomic E-state index is -0.915. The second-order valence-corrected chi connectivity index (χ2v) is 8.09. The normalized spacial score (nSPS) is 10.9. The lowest BCUT2D eigenvalue weighted by Crippen LogP contribution is -2.19. The van der Waals surface area contributed by atoms with Gasteiger partial charge < -0.3 is 24.5 Å². The molecule has 170 valence electrons. The van der Waals surface area contributed by atoms with E-state index in [2.05, 4.69) is 5.32 Å². The third-order valence-electron chi connectivity index (χ3n) is 5.71. The molecule has 7 heteroatoms. The highest BCUT2D eigenvalue weighted by Crippen LogP contribution is 2.26. The first-order valence-electron chi connectivity index (χ1n) is 10.4. The van der Waals surface area contributed by atoms with Gasteiger partial charge in [0.2, 0.25) is 0 Å². The highest BCUT2D eigenvalue weighted by atomic mass is 35.5. The van der Waals surface area contributed by atoms with E-state index in [9.17, 15) is 9.90 Å². The van der Waals surface area contributed by atoms with Crippen LogP contribution in [-0.4, -0.2) is 36.4 Å². The number of halogens is 1. The van der Waals surface area contributed by atoms with Gasteiger partial charge >= 0.3 is 5.97 Å². The predicted octanol–water partition coefficient (Wildman–Crippen LogP) is 4.85. The van der Waals surface area contributed by atoms with E-state index >= 15 is 0 Å². The van der Waals surface area contributed by atoms with Crippen LogP contribution in [0, 0.1) is 13.8 Å². The number of nitrogens with one attached hydrogen (secondary N) is 1. The lowest BCUT2D eigenvalue weighted by molar-refractivity contribution is 0.0694. The summed E-state index contributed by atoms with van der Waals surface area (Å²) in [6, 6.07) is 13.3. The van der Waals surface area contributed by atoms with E-state index < -0.39 is 5.97 Å². The van der Waals surface area contributed by atoms with E-state index in [1.165, 1.54) is 0 Å². The van der Waals surface area contributed by atoms with Crippen LogP contribution in [0.1, 0.15) is 38.4 Å². The molecule has 2 aromatic carbocycles. The van der Waals surface area contributed by atoms with E-state index in [1.807, 2.05) is 60.9 Å². The molecule has 0 aliphatic rings. The fourth-order valence-corrected chi connectivity index (χ4v) is 4.23. The van der Waals surface area contributed by atoms with Gasteiger partial charge in [0.25, 0.3) is 0 Å². The second-order valence-electron chi connectivity index (χ2n) is 7.65. The number of carboxylic acid groups (broad SMARTS) is 1. The third kappa shape index (κ3) is 5.26. The molecule has 0 aliphatic heterocycles. The number of carboxylic acids is 1. The number of aromatic carboxylic acids is 1. The van der Waals surface area contributed by atoms with E-state index in [1.54, 1.807) is 14.2 Å². The van der Waals surface area contributed by atoms with Crippen molar-refractivity contribution in [1.82, 2.24) is 9.88 Å². The summed E-state index contributed by atoms with van der Waals surface area (Å²) in [6.45, 7) is 5.51. The van der Waals surface area contributed by atoms with Crippen molar-refractivity contribution in [2.45, 2.75) is 33.4 Å². The summed E-state index contributed by atoms with van der Waals surface area (Å²) in [5, 5.41) is 13.9. The zero-order valence-electron chi connectivity index (χ0n) is 18.9. The molecule has 2 N–H and O–H groups in total. The zero-order chi connectivity index (χ0) is 23.3. The Morgan fingerprint density at radius 1 is 1.09 bits per heavy atom. The summed E-state index contributed by atoms with van der Waals surface area (Å²) >= 11 is 6.12. The Hall–Kier alpha value is -2.96. The number of ether oxygens (including phenoxy) is 2. The molecule has 0 atom stereocenters. The molecule has 0 amide bonds. The van der Waals surface area contributed by atoms with Crippen LogP contribution in [0.5, 0.6) is 11.5 Å². The number of rotatable bonds is 10. The Bertz CT molecular complexity index is 1110. The van der Waals surface area contributed by atoms with Gasteiger partial charge in [-0.3, -0.25) is 0 Å². The van der Waals surface area contributed by atoms with Gasteiger partial charge in [-0.2, -0.15) is 0 Å². The Morgan fingerprint density at radius 3 is 2.53 bits per heavy atom. The van der Waals surface area contributed by atoms with Crippen LogP contribution in [0.15, 0.2) is 42.5 Å². The van der Waals surface area contributed by atoms with E-state index in [-0.39, 0.29) is 0 Å². The number of aromatic nitrogens is 1. The van der Waals surface area contributed by atoms with Crippen LogP contribution in [-0.2, 0) is 19.5 Å². The van der Waals surface area contributed by atoms with Crippen LogP contribution < -0.4 is 14.8 Å². The molecule has 0 aliphatic carbocycles. The van der Waals surface area contributed by atoms with Crippen molar-refractivity contribution in [3.05, 3.63) is 81.1 Å². The van der Waals surface area contributed by atoms with Crippen molar-refractivity contribution < 1.29 is 19.4 Å². The van der Waals surface area contributed by atoms with E-state index in [0.717, 1.165) is 46.0 Å². The number of carbonyl (C=O) groups is 1. The van der Waals surface area contributed by atoms with Crippen molar-refractivity contribution in [2.24, 2.45) is 0 Å².